The first-order valence-corrected chi connectivity index (χ1v) is 9.13. The molecule has 0 aromatic heterocycles. The van der Waals surface area contributed by atoms with E-state index in [-0.39, 0.29) is 0 Å². The van der Waals surface area contributed by atoms with Crippen molar-refractivity contribution in [3.63, 3.8) is 0 Å². The van der Waals surface area contributed by atoms with E-state index in [4.69, 9.17) is 9.84 Å². The molecule has 3 aromatic carbocycles. The van der Waals surface area contributed by atoms with Crippen molar-refractivity contribution < 1.29 is 14.6 Å². The van der Waals surface area contributed by atoms with Crippen molar-refractivity contribution in [3.05, 3.63) is 113 Å². The summed E-state index contributed by atoms with van der Waals surface area (Å²) in [7, 11) is 0. The number of carboxylic acid groups (broad SMARTS) is 1. The molecule has 0 unspecified atom stereocenters. The Morgan fingerprint density at radius 2 is 1.50 bits per heavy atom. The molecule has 0 bridgehead atoms. The van der Waals surface area contributed by atoms with E-state index in [1.54, 1.807) is 6.08 Å². The van der Waals surface area contributed by atoms with Gasteiger partial charge in [-0.25, -0.2) is 4.79 Å². The van der Waals surface area contributed by atoms with E-state index in [0.717, 1.165) is 34.1 Å². The Kier molecular flexibility index (Phi) is 6.80. The molecule has 0 spiro atoms. The molecule has 3 nitrogen and oxygen atoms in total. The molecule has 28 heavy (non-hydrogen) atoms. The number of allylic oxidation sites excluding steroid dienone is 1. The zero-order valence-electron chi connectivity index (χ0n) is 15.5. The van der Waals surface area contributed by atoms with Crippen LogP contribution in [0.5, 0.6) is 5.75 Å². The van der Waals surface area contributed by atoms with Crippen LogP contribution in [0.1, 0.15) is 22.3 Å². The van der Waals surface area contributed by atoms with Crippen molar-refractivity contribution in [2.45, 2.75) is 13.0 Å². The molecule has 140 valence electrons. The number of rotatable bonds is 8. The molecule has 0 saturated carbocycles. The van der Waals surface area contributed by atoms with Crippen LogP contribution in [0.25, 0.3) is 12.2 Å². The molecule has 0 aliphatic heterocycles. The smallest absolute Gasteiger partial charge is 0.328 e. The zero-order chi connectivity index (χ0) is 19.6. The lowest BCUT2D eigenvalue weighted by atomic mass is 10.0. The maximum absolute atomic E-state index is 10.8. The molecule has 0 aliphatic carbocycles. The first kappa shape index (κ1) is 19.2. The van der Waals surface area contributed by atoms with Crippen molar-refractivity contribution in [1.82, 2.24) is 0 Å². The van der Waals surface area contributed by atoms with Crippen LogP contribution in [0.4, 0.5) is 0 Å². The largest absolute Gasteiger partial charge is 0.488 e. The average Bonchev–Trinajstić information content (AvgIpc) is 2.73. The van der Waals surface area contributed by atoms with Gasteiger partial charge in [0.1, 0.15) is 12.4 Å². The molecule has 0 fully saturated rings. The van der Waals surface area contributed by atoms with Gasteiger partial charge in [-0.15, -0.1) is 0 Å². The van der Waals surface area contributed by atoms with Crippen LogP contribution >= 0.6 is 0 Å². The Balaban J connectivity index is 1.69. The van der Waals surface area contributed by atoms with E-state index in [9.17, 15) is 4.79 Å². The molecular weight excluding hydrogens is 348 g/mol. The Bertz CT molecular complexity index is 972. The molecule has 0 amide bonds. The standard InChI is InChI=1S/C25H22O3/c26-25(27)18-17-22-12-5-4-11-21(22)14-8-15-23-13-6-7-16-24(23)28-19-20-9-2-1-3-10-20/h1-13,15-18H,14,19H2,(H,26,27)/b15-8+,18-17+. The Labute approximate surface area is 165 Å². The summed E-state index contributed by atoms with van der Waals surface area (Å²) in [5, 5.41) is 8.84. The first-order valence-electron chi connectivity index (χ1n) is 9.13. The number of carbonyl (C=O) groups is 1. The minimum absolute atomic E-state index is 0.522. The van der Waals surface area contributed by atoms with E-state index in [2.05, 4.69) is 6.08 Å². The lowest BCUT2D eigenvalue weighted by Crippen LogP contribution is -1.96. The molecule has 0 heterocycles. The number of carboxylic acids is 1. The molecule has 3 heteroatoms. The van der Waals surface area contributed by atoms with E-state index < -0.39 is 5.97 Å². The number of aliphatic carboxylic acids is 1. The van der Waals surface area contributed by atoms with E-state index in [0.29, 0.717) is 13.0 Å². The zero-order valence-corrected chi connectivity index (χ0v) is 15.5. The normalized spacial score (nSPS) is 11.1. The second-order valence-electron chi connectivity index (χ2n) is 6.29. The fraction of sp³-hybridized carbons (Fsp3) is 0.0800. The predicted molar refractivity (Wildman–Crippen MR) is 113 cm³/mol. The summed E-state index contributed by atoms with van der Waals surface area (Å²) in [4.78, 5) is 10.8. The molecule has 0 atom stereocenters. The fourth-order valence-electron chi connectivity index (χ4n) is 2.84. The predicted octanol–water partition coefficient (Wildman–Crippen LogP) is 5.62. The van der Waals surface area contributed by atoms with Crippen LogP contribution in [0.3, 0.4) is 0 Å². The summed E-state index contributed by atoms with van der Waals surface area (Å²) in [6, 6.07) is 25.8. The van der Waals surface area contributed by atoms with E-state index in [1.165, 1.54) is 0 Å². The van der Waals surface area contributed by atoms with Crippen LogP contribution in [0.15, 0.2) is 91.0 Å². The number of para-hydroxylation sites is 1. The average molecular weight is 370 g/mol. The summed E-state index contributed by atoms with van der Waals surface area (Å²) in [5.74, 6) is -0.114. The maximum Gasteiger partial charge on any atom is 0.328 e. The lowest BCUT2D eigenvalue weighted by molar-refractivity contribution is -0.131. The van der Waals surface area contributed by atoms with Gasteiger partial charge in [-0.3, -0.25) is 0 Å². The van der Waals surface area contributed by atoms with Crippen LogP contribution in [-0.4, -0.2) is 11.1 Å². The Morgan fingerprint density at radius 3 is 2.29 bits per heavy atom. The first-order chi connectivity index (χ1) is 13.7. The van der Waals surface area contributed by atoms with Gasteiger partial charge in [-0.2, -0.15) is 0 Å². The van der Waals surface area contributed by atoms with Crippen molar-refractivity contribution in [1.29, 1.82) is 0 Å². The van der Waals surface area contributed by atoms with Gasteiger partial charge in [-0.1, -0.05) is 84.9 Å². The van der Waals surface area contributed by atoms with Crippen LogP contribution < -0.4 is 4.74 Å². The van der Waals surface area contributed by atoms with Gasteiger partial charge in [0, 0.05) is 11.6 Å². The number of benzene rings is 3. The van der Waals surface area contributed by atoms with Gasteiger partial charge < -0.3 is 9.84 Å². The van der Waals surface area contributed by atoms with Gasteiger partial charge in [0.15, 0.2) is 0 Å². The van der Waals surface area contributed by atoms with Gasteiger partial charge >= 0.3 is 5.97 Å². The van der Waals surface area contributed by atoms with Crippen LogP contribution in [-0.2, 0) is 17.8 Å². The molecule has 0 aliphatic rings. The molecule has 0 saturated heterocycles. The summed E-state index contributed by atoms with van der Waals surface area (Å²) in [5.41, 5.74) is 4.11. The molecule has 1 N–H and O–H groups in total. The van der Waals surface area contributed by atoms with Gasteiger partial charge in [-0.05, 0) is 35.3 Å². The second-order valence-corrected chi connectivity index (χ2v) is 6.29. The van der Waals surface area contributed by atoms with Crippen molar-refractivity contribution >= 4 is 18.1 Å². The quantitative estimate of drug-likeness (QED) is 0.524. The fourth-order valence-corrected chi connectivity index (χ4v) is 2.84. The highest BCUT2D eigenvalue weighted by atomic mass is 16.5. The summed E-state index contributed by atoms with van der Waals surface area (Å²) >= 11 is 0. The van der Waals surface area contributed by atoms with Crippen molar-refractivity contribution in [3.8, 4) is 5.75 Å². The van der Waals surface area contributed by atoms with E-state index in [1.807, 2.05) is 84.9 Å². The topological polar surface area (TPSA) is 46.5 Å². The number of ether oxygens (including phenoxy) is 1. The summed E-state index contributed by atoms with van der Waals surface area (Å²) in [6.07, 6.45) is 7.60. The second kappa shape index (κ2) is 9.93. The van der Waals surface area contributed by atoms with Crippen molar-refractivity contribution in [2.24, 2.45) is 0 Å². The third-order valence-electron chi connectivity index (χ3n) is 4.25. The third-order valence-corrected chi connectivity index (χ3v) is 4.25. The monoisotopic (exact) mass is 370 g/mol. The highest BCUT2D eigenvalue weighted by Gasteiger charge is 2.02. The number of hydrogen-bond acceptors (Lipinski definition) is 2. The number of hydrogen-bond donors (Lipinski definition) is 1. The highest BCUT2D eigenvalue weighted by Crippen LogP contribution is 2.21. The van der Waals surface area contributed by atoms with Gasteiger partial charge in [0.05, 0.1) is 0 Å². The minimum atomic E-state index is -0.949. The lowest BCUT2D eigenvalue weighted by Gasteiger charge is -2.09. The third kappa shape index (κ3) is 5.71. The summed E-state index contributed by atoms with van der Waals surface area (Å²) < 4.78 is 5.99. The molecule has 3 aromatic rings. The maximum atomic E-state index is 10.8. The van der Waals surface area contributed by atoms with Crippen molar-refractivity contribution in [2.75, 3.05) is 0 Å². The van der Waals surface area contributed by atoms with Crippen LogP contribution in [0.2, 0.25) is 0 Å². The van der Waals surface area contributed by atoms with Gasteiger partial charge in [0.2, 0.25) is 0 Å². The minimum Gasteiger partial charge on any atom is -0.488 e. The Morgan fingerprint density at radius 1 is 0.821 bits per heavy atom. The summed E-state index contributed by atoms with van der Waals surface area (Å²) in [6.45, 7) is 0.522. The highest BCUT2D eigenvalue weighted by molar-refractivity contribution is 5.85. The van der Waals surface area contributed by atoms with Gasteiger partial charge in [0.25, 0.3) is 0 Å². The molecule has 0 radical (unpaired) electrons. The Hall–Kier alpha value is -3.59. The van der Waals surface area contributed by atoms with E-state index >= 15 is 0 Å². The molecular formula is C25H22O3. The van der Waals surface area contributed by atoms with Crippen LogP contribution in [0, 0.1) is 0 Å². The SMILES string of the molecule is O=C(O)/C=C/c1ccccc1C/C=C/c1ccccc1OCc1ccccc1. The molecule has 3 rings (SSSR count).